The number of nitrogens with zero attached hydrogens (tertiary/aromatic N) is 2. The molecule has 0 aliphatic carbocycles. The van der Waals surface area contributed by atoms with Crippen LogP contribution in [0.15, 0.2) is 66.9 Å². The van der Waals surface area contributed by atoms with E-state index in [1.807, 2.05) is 23.1 Å². The summed E-state index contributed by atoms with van der Waals surface area (Å²) >= 11 is 0. The van der Waals surface area contributed by atoms with Crippen LogP contribution in [0.25, 0.3) is 0 Å². The summed E-state index contributed by atoms with van der Waals surface area (Å²) in [5.41, 5.74) is 4.21. The van der Waals surface area contributed by atoms with Crippen LogP contribution in [0.5, 0.6) is 0 Å². The Morgan fingerprint density at radius 1 is 1.00 bits per heavy atom. The van der Waals surface area contributed by atoms with Gasteiger partial charge >= 0.3 is 5.97 Å². The van der Waals surface area contributed by atoms with Crippen molar-refractivity contribution in [2.75, 3.05) is 19.0 Å². The van der Waals surface area contributed by atoms with Crippen molar-refractivity contribution in [1.29, 1.82) is 0 Å². The zero-order chi connectivity index (χ0) is 20.2. The lowest BCUT2D eigenvalue weighted by Crippen LogP contribution is -2.35. The summed E-state index contributed by atoms with van der Waals surface area (Å²) in [5, 5.41) is 3.15. The van der Waals surface area contributed by atoms with Gasteiger partial charge in [0, 0.05) is 30.5 Å². The van der Waals surface area contributed by atoms with Gasteiger partial charge in [-0.05, 0) is 47.9 Å². The number of hydrogen-bond donors (Lipinski definition) is 1. The maximum atomic E-state index is 13.0. The first-order valence-corrected chi connectivity index (χ1v) is 9.41. The Morgan fingerprint density at radius 3 is 2.66 bits per heavy atom. The van der Waals surface area contributed by atoms with Crippen LogP contribution in [0.3, 0.4) is 0 Å². The van der Waals surface area contributed by atoms with Crippen LogP contribution in [0.2, 0.25) is 0 Å². The lowest BCUT2D eigenvalue weighted by molar-refractivity contribution is 0.0600. The topological polar surface area (TPSA) is 71.5 Å². The number of carbonyl (C=O) groups excluding carboxylic acids is 2. The van der Waals surface area contributed by atoms with Gasteiger partial charge in [-0.15, -0.1) is 0 Å². The molecule has 0 bridgehead atoms. The number of pyridine rings is 1. The first kappa shape index (κ1) is 18.7. The van der Waals surface area contributed by atoms with Crippen LogP contribution in [-0.2, 0) is 17.7 Å². The second-order valence-corrected chi connectivity index (χ2v) is 6.87. The smallest absolute Gasteiger partial charge is 0.337 e. The van der Waals surface area contributed by atoms with Crippen molar-refractivity contribution in [1.82, 2.24) is 9.88 Å². The van der Waals surface area contributed by atoms with Crippen molar-refractivity contribution in [2.45, 2.75) is 13.0 Å². The first-order chi connectivity index (χ1) is 14.1. The fraction of sp³-hybridized carbons (Fsp3) is 0.174. The number of esters is 1. The van der Waals surface area contributed by atoms with E-state index in [1.165, 1.54) is 18.2 Å². The SMILES string of the molecule is COC(=O)c1cccc(Nc2cc(C(=O)N3CCc4ccccc4C3)ccn2)c1. The Hall–Kier alpha value is -3.67. The lowest BCUT2D eigenvalue weighted by Gasteiger charge is -2.29. The van der Waals surface area contributed by atoms with Gasteiger partial charge in [-0.1, -0.05) is 30.3 Å². The van der Waals surface area contributed by atoms with Gasteiger partial charge in [-0.2, -0.15) is 0 Å². The normalized spacial score (nSPS) is 12.8. The molecular formula is C23H21N3O3. The van der Waals surface area contributed by atoms with E-state index in [4.69, 9.17) is 4.74 Å². The number of rotatable bonds is 4. The molecule has 0 unspecified atom stereocenters. The maximum Gasteiger partial charge on any atom is 0.337 e. The highest BCUT2D eigenvalue weighted by atomic mass is 16.5. The quantitative estimate of drug-likeness (QED) is 0.690. The van der Waals surface area contributed by atoms with Crippen LogP contribution in [0.4, 0.5) is 11.5 Å². The largest absolute Gasteiger partial charge is 0.465 e. The van der Waals surface area contributed by atoms with E-state index in [9.17, 15) is 9.59 Å². The fourth-order valence-corrected chi connectivity index (χ4v) is 3.47. The molecule has 0 saturated heterocycles. The molecule has 1 aliphatic heterocycles. The van der Waals surface area contributed by atoms with Crippen molar-refractivity contribution in [2.24, 2.45) is 0 Å². The summed E-state index contributed by atoms with van der Waals surface area (Å²) in [6.07, 6.45) is 2.47. The third-order valence-corrected chi connectivity index (χ3v) is 4.98. The Labute approximate surface area is 169 Å². The number of nitrogens with one attached hydrogen (secondary N) is 1. The minimum atomic E-state index is -0.407. The molecular weight excluding hydrogens is 366 g/mol. The van der Waals surface area contributed by atoms with Gasteiger partial charge in [0.25, 0.3) is 5.91 Å². The average Bonchev–Trinajstić information content (AvgIpc) is 2.78. The van der Waals surface area contributed by atoms with Crippen molar-refractivity contribution in [3.05, 3.63) is 89.1 Å². The summed E-state index contributed by atoms with van der Waals surface area (Å²) in [6.45, 7) is 1.31. The van der Waals surface area contributed by atoms with Crippen molar-refractivity contribution in [3.63, 3.8) is 0 Å². The summed E-state index contributed by atoms with van der Waals surface area (Å²) in [5.74, 6) is 0.111. The highest BCUT2D eigenvalue weighted by Crippen LogP contribution is 2.22. The standard InChI is InChI=1S/C23H21N3O3/c1-29-23(28)18-7-4-8-20(13-18)25-21-14-17(9-11-24-21)22(27)26-12-10-16-5-2-3-6-19(16)15-26/h2-9,11,13-14H,10,12,15H2,1H3,(H,24,25). The van der Waals surface area contributed by atoms with Gasteiger partial charge in [0.2, 0.25) is 0 Å². The molecule has 6 heteroatoms. The molecule has 1 aromatic heterocycles. The zero-order valence-electron chi connectivity index (χ0n) is 16.1. The molecule has 6 nitrogen and oxygen atoms in total. The zero-order valence-corrected chi connectivity index (χ0v) is 16.1. The lowest BCUT2D eigenvalue weighted by atomic mass is 9.99. The Bertz CT molecular complexity index is 1060. The minimum Gasteiger partial charge on any atom is -0.465 e. The van der Waals surface area contributed by atoms with E-state index in [1.54, 1.807) is 36.5 Å². The number of amides is 1. The molecule has 0 radical (unpaired) electrons. The number of benzene rings is 2. The highest BCUT2D eigenvalue weighted by molar-refractivity contribution is 5.95. The molecule has 0 spiro atoms. The van der Waals surface area contributed by atoms with Crippen LogP contribution in [-0.4, -0.2) is 35.4 Å². The number of carbonyl (C=O) groups is 2. The third-order valence-electron chi connectivity index (χ3n) is 4.98. The minimum absolute atomic E-state index is 0.0201. The number of fused-ring (bicyclic) bond motifs is 1. The van der Waals surface area contributed by atoms with Gasteiger partial charge < -0.3 is 15.0 Å². The van der Waals surface area contributed by atoms with E-state index in [0.717, 1.165) is 6.42 Å². The molecule has 0 saturated carbocycles. The molecule has 146 valence electrons. The molecule has 0 atom stereocenters. The summed E-state index contributed by atoms with van der Waals surface area (Å²) in [6, 6.07) is 18.6. The van der Waals surface area contributed by atoms with E-state index >= 15 is 0 Å². The van der Waals surface area contributed by atoms with Gasteiger partial charge in [-0.3, -0.25) is 4.79 Å². The molecule has 1 N–H and O–H groups in total. The molecule has 1 aliphatic rings. The Morgan fingerprint density at radius 2 is 1.83 bits per heavy atom. The number of methoxy groups -OCH3 is 1. The maximum absolute atomic E-state index is 13.0. The van der Waals surface area contributed by atoms with E-state index in [-0.39, 0.29) is 5.91 Å². The van der Waals surface area contributed by atoms with E-state index in [0.29, 0.717) is 35.7 Å². The highest BCUT2D eigenvalue weighted by Gasteiger charge is 2.21. The van der Waals surface area contributed by atoms with Gasteiger partial charge in [0.05, 0.1) is 12.7 Å². The summed E-state index contributed by atoms with van der Waals surface area (Å²) in [7, 11) is 1.35. The van der Waals surface area contributed by atoms with E-state index in [2.05, 4.69) is 22.4 Å². The van der Waals surface area contributed by atoms with Crippen LogP contribution >= 0.6 is 0 Å². The van der Waals surface area contributed by atoms with Gasteiger partial charge in [-0.25, -0.2) is 9.78 Å². The molecule has 1 amide bonds. The number of hydrogen-bond acceptors (Lipinski definition) is 5. The first-order valence-electron chi connectivity index (χ1n) is 9.41. The fourth-order valence-electron chi connectivity index (χ4n) is 3.47. The third kappa shape index (κ3) is 4.11. The summed E-state index contributed by atoms with van der Waals surface area (Å²) < 4.78 is 4.75. The monoisotopic (exact) mass is 387 g/mol. The van der Waals surface area contributed by atoms with Crippen molar-refractivity contribution in [3.8, 4) is 0 Å². The van der Waals surface area contributed by atoms with E-state index < -0.39 is 5.97 Å². The number of ether oxygens (including phenoxy) is 1. The molecule has 2 aromatic carbocycles. The number of anilines is 2. The van der Waals surface area contributed by atoms with Crippen molar-refractivity contribution >= 4 is 23.4 Å². The molecule has 4 rings (SSSR count). The number of aromatic nitrogens is 1. The predicted molar refractivity (Wildman–Crippen MR) is 110 cm³/mol. The van der Waals surface area contributed by atoms with Gasteiger partial charge in [0.15, 0.2) is 0 Å². The van der Waals surface area contributed by atoms with Crippen LogP contribution in [0, 0.1) is 0 Å². The second kappa shape index (κ2) is 8.14. The van der Waals surface area contributed by atoms with Gasteiger partial charge in [0.1, 0.15) is 5.82 Å². The second-order valence-electron chi connectivity index (χ2n) is 6.87. The van der Waals surface area contributed by atoms with Crippen LogP contribution in [0.1, 0.15) is 31.8 Å². The Kier molecular flexibility index (Phi) is 5.24. The Balaban J connectivity index is 1.51. The summed E-state index contributed by atoms with van der Waals surface area (Å²) in [4.78, 5) is 30.9. The molecule has 3 aromatic rings. The average molecular weight is 387 g/mol. The van der Waals surface area contributed by atoms with Crippen molar-refractivity contribution < 1.29 is 14.3 Å². The molecule has 29 heavy (non-hydrogen) atoms. The van der Waals surface area contributed by atoms with Crippen LogP contribution < -0.4 is 5.32 Å². The molecule has 2 heterocycles. The molecule has 0 fully saturated rings. The predicted octanol–water partition coefficient (Wildman–Crippen LogP) is 3.81.